The first-order valence-corrected chi connectivity index (χ1v) is 6.50. The monoisotopic (exact) mass is 280 g/mol. The maximum atomic E-state index is 11.0. The van der Waals surface area contributed by atoms with Gasteiger partial charge in [0.05, 0.1) is 7.11 Å². The molecule has 3 nitrogen and oxygen atoms in total. The Hall–Kier alpha value is -2.81. The molecule has 0 atom stereocenters. The molecule has 0 amide bonds. The molecule has 0 bridgehead atoms. The number of methoxy groups -OCH3 is 1. The number of phenolic OH excluding ortho intramolecular Hbond substituents is 1. The molecule has 0 aliphatic carbocycles. The molecule has 21 heavy (non-hydrogen) atoms. The zero-order valence-corrected chi connectivity index (χ0v) is 11.7. The Morgan fingerprint density at radius 1 is 0.857 bits per heavy atom. The molecular weight excluding hydrogens is 264 g/mol. The molecule has 0 unspecified atom stereocenters. The second kappa shape index (κ2) is 7.10. The Labute approximate surface area is 123 Å². The van der Waals surface area contributed by atoms with E-state index in [0.29, 0.717) is 0 Å². The quantitative estimate of drug-likeness (QED) is 0.527. The fourth-order valence-corrected chi connectivity index (χ4v) is 1.73. The van der Waals surface area contributed by atoms with E-state index >= 15 is 0 Å². The summed E-state index contributed by atoms with van der Waals surface area (Å²) in [4.78, 5) is 11.0. The first kappa shape index (κ1) is 14.6. The van der Waals surface area contributed by atoms with E-state index in [1.807, 2.05) is 48.6 Å². The number of ether oxygens (including phenoxy) is 1. The van der Waals surface area contributed by atoms with E-state index in [1.165, 1.54) is 13.2 Å². The van der Waals surface area contributed by atoms with Crippen molar-refractivity contribution in [1.29, 1.82) is 0 Å². The molecule has 0 aromatic heterocycles. The van der Waals surface area contributed by atoms with Crippen LogP contribution in [0, 0.1) is 0 Å². The van der Waals surface area contributed by atoms with Crippen LogP contribution in [-0.4, -0.2) is 18.2 Å². The van der Waals surface area contributed by atoms with E-state index in [9.17, 15) is 9.90 Å². The van der Waals surface area contributed by atoms with Gasteiger partial charge < -0.3 is 9.84 Å². The van der Waals surface area contributed by atoms with Crippen molar-refractivity contribution in [3.8, 4) is 5.75 Å². The molecule has 0 radical (unpaired) electrons. The van der Waals surface area contributed by atoms with Crippen LogP contribution in [0.1, 0.15) is 16.7 Å². The lowest BCUT2D eigenvalue weighted by Gasteiger charge is -1.97. The maximum Gasteiger partial charge on any atom is 0.330 e. The molecule has 0 saturated carbocycles. The van der Waals surface area contributed by atoms with E-state index in [-0.39, 0.29) is 11.7 Å². The molecule has 0 spiro atoms. The van der Waals surface area contributed by atoms with Gasteiger partial charge in [-0.3, -0.25) is 0 Å². The Morgan fingerprint density at radius 2 is 1.29 bits per heavy atom. The third kappa shape index (κ3) is 4.66. The molecule has 2 aromatic rings. The van der Waals surface area contributed by atoms with Crippen molar-refractivity contribution in [2.24, 2.45) is 0 Å². The number of hydrogen-bond donors (Lipinski definition) is 1. The van der Waals surface area contributed by atoms with Gasteiger partial charge in [-0.1, -0.05) is 48.6 Å². The molecule has 0 heterocycles. The van der Waals surface area contributed by atoms with Gasteiger partial charge in [-0.25, -0.2) is 4.79 Å². The van der Waals surface area contributed by atoms with Crippen LogP contribution in [-0.2, 0) is 9.53 Å². The van der Waals surface area contributed by atoms with E-state index < -0.39 is 0 Å². The Morgan fingerprint density at radius 3 is 1.76 bits per heavy atom. The average molecular weight is 280 g/mol. The molecule has 2 aromatic carbocycles. The lowest BCUT2D eigenvalue weighted by Crippen LogP contribution is -1.93. The standard InChI is InChI=1S/C18H16O3/c1-21-18(20)13-10-15-5-2-14(3-6-15)4-7-16-8-11-17(19)12-9-16/h2-13,19H,1H3/b7-4+,13-10+. The van der Waals surface area contributed by atoms with Gasteiger partial charge in [0.2, 0.25) is 0 Å². The highest BCUT2D eigenvalue weighted by Crippen LogP contribution is 2.13. The van der Waals surface area contributed by atoms with Crippen molar-refractivity contribution in [1.82, 2.24) is 0 Å². The lowest BCUT2D eigenvalue weighted by molar-refractivity contribution is -0.134. The third-order valence-electron chi connectivity index (χ3n) is 2.91. The molecule has 0 aliphatic heterocycles. The number of aromatic hydroxyl groups is 1. The van der Waals surface area contributed by atoms with Gasteiger partial charge in [0.25, 0.3) is 0 Å². The lowest BCUT2D eigenvalue weighted by atomic mass is 10.1. The number of phenols is 1. The molecular formula is C18H16O3. The zero-order valence-electron chi connectivity index (χ0n) is 11.7. The number of carbonyl (C=O) groups is 1. The van der Waals surface area contributed by atoms with Crippen molar-refractivity contribution < 1.29 is 14.6 Å². The van der Waals surface area contributed by atoms with Crippen molar-refractivity contribution in [3.63, 3.8) is 0 Å². The summed E-state index contributed by atoms with van der Waals surface area (Å²) in [6.07, 6.45) is 7.06. The topological polar surface area (TPSA) is 46.5 Å². The van der Waals surface area contributed by atoms with E-state index in [2.05, 4.69) is 4.74 Å². The summed E-state index contributed by atoms with van der Waals surface area (Å²) < 4.78 is 4.54. The van der Waals surface area contributed by atoms with Gasteiger partial charge in [0.1, 0.15) is 5.75 Å². The highest BCUT2D eigenvalue weighted by Gasteiger charge is 1.93. The highest BCUT2D eigenvalue weighted by atomic mass is 16.5. The third-order valence-corrected chi connectivity index (χ3v) is 2.91. The van der Waals surface area contributed by atoms with Crippen molar-refractivity contribution in [2.75, 3.05) is 7.11 Å². The Balaban J connectivity index is 2.03. The molecule has 2 rings (SSSR count). The Bertz CT molecular complexity index is 650. The summed E-state index contributed by atoms with van der Waals surface area (Å²) in [7, 11) is 1.35. The highest BCUT2D eigenvalue weighted by molar-refractivity contribution is 5.87. The fraction of sp³-hybridized carbons (Fsp3) is 0.0556. The molecule has 3 heteroatoms. The average Bonchev–Trinajstić information content (AvgIpc) is 2.53. The van der Waals surface area contributed by atoms with E-state index in [0.717, 1.165) is 16.7 Å². The minimum atomic E-state index is -0.369. The smallest absolute Gasteiger partial charge is 0.330 e. The second-order valence-corrected chi connectivity index (χ2v) is 4.45. The summed E-state index contributed by atoms with van der Waals surface area (Å²) in [5.41, 5.74) is 3.00. The summed E-state index contributed by atoms with van der Waals surface area (Å²) in [5, 5.41) is 9.22. The van der Waals surface area contributed by atoms with Gasteiger partial charge in [-0.2, -0.15) is 0 Å². The van der Waals surface area contributed by atoms with Gasteiger partial charge in [-0.15, -0.1) is 0 Å². The molecule has 0 fully saturated rings. The number of carbonyl (C=O) groups excluding carboxylic acids is 1. The fourth-order valence-electron chi connectivity index (χ4n) is 1.73. The zero-order chi connectivity index (χ0) is 15.1. The SMILES string of the molecule is COC(=O)/C=C/c1ccc(/C=C/c2ccc(O)cc2)cc1. The predicted molar refractivity (Wildman–Crippen MR) is 84.5 cm³/mol. The summed E-state index contributed by atoms with van der Waals surface area (Å²) >= 11 is 0. The number of rotatable bonds is 4. The summed E-state index contributed by atoms with van der Waals surface area (Å²) in [5.74, 6) is -0.111. The van der Waals surface area contributed by atoms with Gasteiger partial charge >= 0.3 is 5.97 Å². The van der Waals surface area contributed by atoms with Gasteiger partial charge in [0.15, 0.2) is 0 Å². The van der Waals surface area contributed by atoms with E-state index in [4.69, 9.17) is 0 Å². The summed E-state index contributed by atoms with van der Waals surface area (Å²) in [6, 6.07) is 14.8. The predicted octanol–water partition coefficient (Wildman–Crippen LogP) is 3.75. The minimum Gasteiger partial charge on any atom is -0.508 e. The van der Waals surface area contributed by atoms with Crippen molar-refractivity contribution in [3.05, 3.63) is 71.3 Å². The Kier molecular flexibility index (Phi) is 4.94. The van der Waals surface area contributed by atoms with Crippen LogP contribution in [0.25, 0.3) is 18.2 Å². The first-order valence-electron chi connectivity index (χ1n) is 6.50. The molecule has 0 aliphatic rings. The molecule has 106 valence electrons. The van der Waals surface area contributed by atoms with Crippen LogP contribution in [0.2, 0.25) is 0 Å². The van der Waals surface area contributed by atoms with Gasteiger partial charge in [0, 0.05) is 6.08 Å². The second-order valence-electron chi connectivity index (χ2n) is 4.45. The van der Waals surface area contributed by atoms with Crippen LogP contribution in [0.4, 0.5) is 0 Å². The maximum absolute atomic E-state index is 11.0. The normalized spacial score (nSPS) is 11.1. The first-order chi connectivity index (χ1) is 10.2. The largest absolute Gasteiger partial charge is 0.508 e. The minimum absolute atomic E-state index is 0.258. The number of benzene rings is 2. The molecule has 0 saturated heterocycles. The number of esters is 1. The van der Waals surface area contributed by atoms with Crippen molar-refractivity contribution >= 4 is 24.2 Å². The van der Waals surface area contributed by atoms with Crippen LogP contribution >= 0.6 is 0 Å². The summed E-state index contributed by atoms with van der Waals surface area (Å²) in [6.45, 7) is 0. The van der Waals surface area contributed by atoms with Crippen LogP contribution < -0.4 is 0 Å². The van der Waals surface area contributed by atoms with Gasteiger partial charge in [-0.05, 0) is 34.9 Å². The molecule has 1 N–H and O–H groups in total. The number of hydrogen-bond acceptors (Lipinski definition) is 3. The van der Waals surface area contributed by atoms with Crippen LogP contribution in [0.5, 0.6) is 5.75 Å². The van der Waals surface area contributed by atoms with Crippen molar-refractivity contribution in [2.45, 2.75) is 0 Å². The van der Waals surface area contributed by atoms with Crippen LogP contribution in [0.15, 0.2) is 54.6 Å². The van der Waals surface area contributed by atoms with E-state index in [1.54, 1.807) is 18.2 Å². The van der Waals surface area contributed by atoms with Crippen LogP contribution in [0.3, 0.4) is 0 Å².